The standard InChI is InChI=1S/C17H20N4O3S/c1-21(15-6-9-25(23,24)12-15)17(22)16-3-2-14(11-20-16)19-10-13-4-7-18-8-5-13/h2-5,7-8,11,15,19H,6,9-10,12H2,1H3. The van der Waals surface area contributed by atoms with Gasteiger partial charge >= 0.3 is 0 Å². The number of anilines is 1. The highest BCUT2D eigenvalue weighted by Gasteiger charge is 2.33. The molecule has 0 aromatic carbocycles. The molecule has 1 atom stereocenters. The Labute approximate surface area is 147 Å². The molecule has 1 unspecified atom stereocenters. The van der Waals surface area contributed by atoms with Crippen molar-refractivity contribution in [1.29, 1.82) is 0 Å². The molecule has 0 bridgehead atoms. The number of nitrogens with zero attached hydrogens (tertiary/aromatic N) is 3. The lowest BCUT2D eigenvalue weighted by atomic mass is 10.2. The number of sulfone groups is 1. The number of rotatable bonds is 5. The maximum atomic E-state index is 12.5. The molecule has 1 aliphatic heterocycles. The van der Waals surface area contributed by atoms with Crippen LogP contribution in [0.3, 0.4) is 0 Å². The summed E-state index contributed by atoms with van der Waals surface area (Å²) < 4.78 is 23.1. The van der Waals surface area contributed by atoms with Gasteiger partial charge < -0.3 is 10.2 Å². The molecular weight excluding hydrogens is 340 g/mol. The van der Waals surface area contributed by atoms with Crippen molar-refractivity contribution in [2.45, 2.75) is 19.0 Å². The van der Waals surface area contributed by atoms with Crippen molar-refractivity contribution in [3.8, 4) is 0 Å². The Hall–Kier alpha value is -2.48. The van der Waals surface area contributed by atoms with Crippen molar-refractivity contribution in [1.82, 2.24) is 14.9 Å². The van der Waals surface area contributed by atoms with Gasteiger partial charge in [-0.25, -0.2) is 13.4 Å². The van der Waals surface area contributed by atoms with Crippen LogP contribution in [0, 0.1) is 0 Å². The fourth-order valence-corrected chi connectivity index (χ4v) is 4.53. The molecule has 132 valence electrons. The van der Waals surface area contributed by atoms with Crippen LogP contribution in [0.2, 0.25) is 0 Å². The zero-order chi connectivity index (χ0) is 17.9. The molecule has 1 amide bonds. The van der Waals surface area contributed by atoms with Gasteiger partial charge in [-0.3, -0.25) is 9.78 Å². The minimum Gasteiger partial charge on any atom is -0.380 e. The molecule has 1 aliphatic rings. The molecule has 2 aromatic heterocycles. The Bertz CT molecular complexity index is 838. The number of hydrogen-bond donors (Lipinski definition) is 1. The molecular formula is C17H20N4O3S. The van der Waals surface area contributed by atoms with Gasteiger partial charge in [0, 0.05) is 32.0 Å². The molecule has 0 spiro atoms. The van der Waals surface area contributed by atoms with E-state index in [1.165, 1.54) is 4.90 Å². The smallest absolute Gasteiger partial charge is 0.272 e. The molecule has 1 saturated heterocycles. The van der Waals surface area contributed by atoms with E-state index in [1.54, 1.807) is 37.8 Å². The molecule has 3 heterocycles. The van der Waals surface area contributed by atoms with Crippen LogP contribution in [0.15, 0.2) is 42.9 Å². The number of carbonyl (C=O) groups excluding carboxylic acids is 1. The fourth-order valence-electron chi connectivity index (χ4n) is 2.76. The van der Waals surface area contributed by atoms with Crippen LogP contribution in [-0.4, -0.2) is 53.8 Å². The van der Waals surface area contributed by atoms with Gasteiger partial charge in [0.2, 0.25) is 0 Å². The van der Waals surface area contributed by atoms with E-state index in [2.05, 4.69) is 15.3 Å². The summed E-state index contributed by atoms with van der Waals surface area (Å²) in [4.78, 5) is 22.1. The average Bonchev–Trinajstić information content (AvgIpc) is 3.00. The van der Waals surface area contributed by atoms with Crippen molar-refractivity contribution in [2.75, 3.05) is 23.9 Å². The first-order chi connectivity index (χ1) is 11.9. The predicted molar refractivity (Wildman–Crippen MR) is 95.0 cm³/mol. The number of nitrogens with one attached hydrogen (secondary N) is 1. The zero-order valence-electron chi connectivity index (χ0n) is 13.9. The molecule has 8 heteroatoms. The van der Waals surface area contributed by atoms with E-state index in [0.717, 1.165) is 11.3 Å². The van der Waals surface area contributed by atoms with Crippen molar-refractivity contribution in [2.24, 2.45) is 0 Å². The Morgan fingerprint density at radius 1 is 1.28 bits per heavy atom. The molecule has 0 saturated carbocycles. The summed E-state index contributed by atoms with van der Waals surface area (Å²) in [6.07, 6.45) is 5.55. The van der Waals surface area contributed by atoms with Gasteiger partial charge in [0.25, 0.3) is 5.91 Å². The van der Waals surface area contributed by atoms with Gasteiger partial charge in [-0.2, -0.15) is 0 Å². The largest absolute Gasteiger partial charge is 0.380 e. The SMILES string of the molecule is CN(C(=O)c1ccc(NCc2ccncc2)cn1)C1CCS(=O)(=O)C1. The van der Waals surface area contributed by atoms with Gasteiger partial charge in [-0.15, -0.1) is 0 Å². The zero-order valence-corrected chi connectivity index (χ0v) is 14.7. The van der Waals surface area contributed by atoms with Gasteiger partial charge in [0.05, 0.1) is 23.4 Å². The highest BCUT2D eigenvalue weighted by Crippen LogP contribution is 2.18. The van der Waals surface area contributed by atoms with E-state index in [4.69, 9.17) is 0 Å². The second kappa shape index (κ2) is 7.18. The van der Waals surface area contributed by atoms with Crippen molar-refractivity contribution < 1.29 is 13.2 Å². The molecule has 25 heavy (non-hydrogen) atoms. The van der Waals surface area contributed by atoms with Crippen LogP contribution >= 0.6 is 0 Å². The lowest BCUT2D eigenvalue weighted by molar-refractivity contribution is 0.0742. The van der Waals surface area contributed by atoms with E-state index in [9.17, 15) is 13.2 Å². The summed E-state index contributed by atoms with van der Waals surface area (Å²) in [5.41, 5.74) is 2.21. The van der Waals surface area contributed by atoms with Crippen molar-refractivity contribution in [3.05, 3.63) is 54.1 Å². The van der Waals surface area contributed by atoms with Gasteiger partial charge in [-0.05, 0) is 36.2 Å². The number of carbonyl (C=O) groups is 1. The Kier molecular flexibility index (Phi) is 4.98. The second-order valence-electron chi connectivity index (χ2n) is 6.11. The van der Waals surface area contributed by atoms with Gasteiger partial charge in [0.1, 0.15) is 5.69 Å². The van der Waals surface area contributed by atoms with Crippen LogP contribution < -0.4 is 5.32 Å². The number of aromatic nitrogens is 2. The van der Waals surface area contributed by atoms with Crippen LogP contribution in [0.4, 0.5) is 5.69 Å². The van der Waals surface area contributed by atoms with E-state index in [-0.39, 0.29) is 23.5 Å². The first kappa shape index (κ1) is 17.3. The first-order valence-electron chi connectivity index (χ1n) is 8.01. The Morgan fingerprint density at radius 2 is 2.04 bits per heavy atom. The monoisotopic (exact) mass is 360 g/mol. The van der Waals surface area contributed by atoms with E-state index >= 15 is 0 Å². The Balaban J connectivity index is 1.60. The van der Waals surface area contributed by atoms with Crippen molar-refractivity contribution >= 4 is 21.4 Å². The fraction of sp³-hybridized carbons (Fsp3) is 0.353. The maximum absolute atomic E-state index is 12.5. The summed E-state index contributed by atoms with van der Waals surface area (Å²) in [5, 5.41) is 3.23. The van der Waals surface area contributed by atoms with Crippen molar-refractivity contribution in [3.63, 3.8) is 0 Å². The van der Waals surface area contributed by atoms with Crippen LogP contribution in [0.25, 0.3) is 0 Å². The summed E-state index contributed by atoms with van der Waals surface area (Å²) >= 11 is 0. The summed E-state index contributed by atoms with van der Waals surface area (Å²) in [5.74, 6) is -0.0933. The van der Waals surface area contributed by atoms with E-state index in [0.29, 0.717) is 18.7 Å². The molecule has 0 radical (unpaired) electrons. The Morgan fingerprint density at radius 3 is 2.64 bits per heavy atom. The second-order valence-corrected chi connectivity index (χ2v) is 8.34. The lowest BCUT2D eigenvalue weighted by Crippen LogP contribution is -2.38. The predicted octanol–water partition coefficient (Wildman–Crippen LogP) is 1.35. The average molecular weight is 360 g/mol. The third-order valence-corrected chi connectivity index (χ3v) is 6.06. The molecule has 7 nitrogen and oxygen atoms in total. The maximum Gasteiger partial charge on any atom is 0.272 e. The minimum atomic E-state index is -3.03. The summed E-state index contributed by atoms with van der Waals surface area (Å²) in [6.45, 7) is 0.636. The molecule has 0 aliphatic carbocycles. The molecule has 1 fully saturated rings. The molecule has 3 rings (SSSR count). The van der Waals surface area contributed by atoms with Crippen LogP contribution in [0.1, 0.15) is 22.5 Å². The first-order valence-corrected chi connectivity index (χ1v) is 9.83. The lowest BCUT2D eigenvalue weighted by Gasteiger charge is -2.23. The number of pyridine rings is 2. The topological polar surface area (TPSA) is 92.3 Å². The quantitative estimate of drug-likeness (QED) is 0.865. The highest BCUT2D eigenvalue weighted by molar-refractivity contribution is 7.91. The summed E-state index contributed by atoms with van der Waals surface area (Å²) in [6, 6.07) is 7.01. The molecule has 1 N–H and O–H groups in total. The highest BCUT2D eigenvalue weighted by atomic mass is 32.2. The number of amides is 1. The van der Waals surface area contributed by atoms with Gasteiger partial charge in [-0.1, -0.05) is 0 Å². The van der Waals surface area contributed by atoms with E-state index in [1.807, 2.05) is 12.1 Å². The normalized spacial score (nSPS) is 18.7. The van der Waals surface area contributed by atoms with Crippen LogP contribution in [0.5, 0.6) is 0 Å². The van der Waals surface area contributed by atoms with Gasteiger partial charge in [0.15, 0.2) is 9.84 Å². The molecule has 2 aromatic rings. The minimum absolute atomic E-state index is 0.0286. The van der Waals surface area contributed by atoms with Crippen LogP contribution in [-0.2, 0) is 16.4 Å². The van der Waals surface area contributed by atoms with E-state index < -0.39 is 9.84 Å². The third kappa shape index (κ3) is 4.33. The third-order valence-electron chi connectivity index (χ3n) is 4.31. The number of hydrogen-bond acceptors (Lipinski definition) is 6. The summed E-state index contributed by atoms with van der Waals surface area (Å²) in [7, 11) is -1.40.